The predicted molar refractivity (Wildman–Crippen MR) is 316 cm³/mol. The summed E-state index contributed by atoms with van der Waals surface area (Å²) in [4.78, 5) is 48.6. The summed E-state index contributed by atoms with van der Waals surface area (Å²) in [6.07, 6.45) is 66.8. The Morgan fingerprint density at radius 2 is 0.711 bits per heavy atom. The van der Waals surface area contributed by atoms with Crippen molar-refractivity contribution in [1.82, 2.24) is 0 Å². The van der Waals surface area contributed by atoms with Crippen molar-refractivity contribution in [2.24, 2.45) is 0 Å². The molecule has 0 bridgehead atoms. The molecule has 0 rings (SSSR count). The zero-order valence-electron chi connectivity index (χ0n) is 48.5. The van der Waals surface area contributed by atoms with E-state index in [2.05, 4.69) is 106 Å². The highest BCUT2D eigenvalue weighted by Gasteiger charge is 2.28. The van der Waals surface area contributed by atoms with Crippen LogP contribution in [0.5, 0.6) is 0 Å². The number of carbonyl (C=O) groups excluding carboxylic acids is 3. The quantitative estimate of drug-likeness (QED) is 0.0197. The number of aliphatic hydroxyl groups is 1. The molecule has 11 nitrogen and oxygen atoms in total. The Labute approximate surface area is 464 Å². The lowest BCUT2D eigenvalue weighted by molar-refractivity contribution is -0.161. The van der Waals surface area contributed by atoms with Crippen molar-refractivity contribution in [3.05, 3.63) is 85.1 Å². The van der Waals surface area contributed by atoms with Gasteiger partial charge in [-0.15, -0.1) is 0 Å². The molecule has 0 aliphatic rings. The van der Waals surface area contributed by atoms with E-state index in [1.807, 2.05) is 0 Å². The molecule has 0 saturated carbocycles. The number of hydrogen-bond donors (Lipinski definition) is 2. The van der Waals surface area contributed by atoms with Crippen molar-refractivity contribution in [2.75, 3.05) is 26.4 Å². The van der Waals surface area contributed by atoms with Crippen LogP contribution in [0.1, 0.15) is 265 Å². The van der Waals surface area contributed by atoms with Crippen molar-refractivity contribution >= 4 is 25.7 Å². The van der Waals surface area contributed by atoms with Crippen molar-refractivity contribution in [3.63, 3.8) is 0 Å². The highest BCUT2D eigenvalue weighted by Crippen LogP contribution is 2.43. The average Bonchev–Trinajstić information content (AvgIpc) is 3.41. The number of ether oxygens (including phenoxy) is 3. The van der Waals surface area contributed by atoms with Gasteiger partial charge in [0.05, 0.1) is 19.8 Å². The molecule has 0 aromatic rings. The molecule has 0 spiro atoms. The number of phosphoric acid groups is 1. The first kappa shape index (κ1) is 72.7. The van der Waals surface area contributed by atoms with Gasteiger partial charge in [-0.05, 0) is 89.9 Å². The molecule has 76 heavy (non-hydrogen) atoms. The van der Waals surface area contributed by atoms with Gasteiger partial charge in [-0.2, -0.15) is 0 Å². The predicted octanol–water partition coefficient (Wildman–Crippen LogP) is 18.3. The molecule has 2 N–H and O–H groups in total. The minimum Gasteiger partial charge on any atom is -0.462 e. The maximum Gasteiger partial charge on any atom is 0.472 e. The first-order valence-electron chi connectivity index (χ1n) is 30.5. The number of aliphatic hydroxyl groups excluding tert-OH is 1. The summed E-state index contributed by atoms with van der Waals surface area (Å²) in [5.74, 6) is -1.51. The molecule has 0 aliphatic heterocycles. The van der Waals surface area contributed by atoms with Gasteiger partial charge in [-0.25, -0.2) is 4.57 Å². The minimum absolute atomic E-state index is 0.157. The highest BCUT2D eigenvalue weighted by atomic mass is 31.2. The molecule has 3 unspecified atom stereocenters. The molecule has 0 saturated heterocycles. The molecule has 438 valence electrons. The second-order valence-corrected chi connectivity index (χ2v) is 21.6. The van der Waals surface area contributed by atoms with Gasteiger partial charge in [0.15, 0.2) is 6.10 Å². The third-order valence-electron chi connectivity index (χ3n) is 12.8. The molecule has 0 fully saturated rings. The maximum absolute atomic E-state index is 12.9. The lowest BCUT2D eigenvalue weighted by atomic mass is 10.0. The van der Waals surface area contributed by atoms with Crippen molar-refractivity contribution < 1.29 is 52.2 Å². The molecule has 0 aliphatic carbocycles. The summed E-state index contributed by atoms with van der Waals surface area (Å²) in [6.45, 7) is 4.44. The normalized spacial score (nSPS) is 13.9. The van der Waals surface area contributed by atoms with E-state index in [0.29, 0.717) is 19.3 Å². The Morgan fingerprint density at radius 1 is 0.382 bits per heavy atom. The number of unbranched alkanes of at least 4 members (excludes halogenated alkanes) is 25. The van der Waals surface area contributed by atoms with E-state index in [1.54, 1.807) is 0 Å². The van der Waals surface area contributed by atoms with Crippen LogP contribution in [-0.2, 0) is 42.2 Å². The summed E-state index contributed by atoms with van der Waals surface area (Å²) in [6, 6.07) is 0. The fraction of sp³-hybridized carbons (Fsp3) is 0.734. The lowest BCUT2D eigenvalue weighted by Crippen LogP contribution is -2.30. The monoisotopic (exact) mass is 1090 g/mol. The zero-order valence-corrected chi connectivity index (χ0v) is 49.3. The summed E-state index contributed by atoms with van der Waals surface area (Å²) < 4.78 is 39.6. The van der Waals surface area contributed by atoms with Crippen LogP contribution < -0.4 is 0 Å². The molecular weight excluding hydrogens is 976 g/mol. The van der Waals surface area contributed by atoms with Crippen molar-refractivity contribution in [1.29, 1.82) is 0 Å². The van der Waals surface area contributed by atoms with Gasteiger partial charge in [0.2, 0.25) is 0 Å². The van der Waals surface area contributed by atoms with Crippen molar-refractivity contribution in [2.45, 2.75) is 277 Å². The molecule has 0 aromatic carbocycles. The van der Waals surface area contributed by atoms with E-state index in [1.165, 1.54) is 83.5 Å². The number of esters is 3. The maximum atomic E-state index is 12.9. The van der Waals surface area contributed by atoms with Crippen LogP contribution in [0.4, 0.5) is 0 Å². The van der Waals surface area contributed by atoms with Crippen molar-refractivity contribution in [3.8, 4) is 0 Å². The Kier molecular flexibility index (Phi) is 55.3. The van der Waals surface area contributed by atoms with E-state index in [9.17, 15) is 28.9 Å². The van der Waals surface area contributed by atoms with Crippen LogP contribution >= 0.6 is 7.82 Å². The largest absolute Gasteiger partial charge is 0.472 e. The molecule has 3 atom stereocenters. The van der Waals surface area contributed by atoms with Gasteiger partial charge in [0.1, 0.15) is 12.7 Å². The van der Waals surface area contributed by atoms with Crippen LogP contribution in [-0.4, -0.2) is 66.5 Å². The van der Waals surface area contributed by atoms with Gasteiger partial charge in [0.25, 0.3) is 0 Å². The number of phosphoric ester groups is 1. The van der Waals surface area contributed by atoms with Gasteiger partial charge in [-0.1, -0.05) is 241 Å². The van der Waals surface area contributed by atoms with Crippen LogP contribution in [0.25, 0.3) is 0 Å². The average molecular weight is 1090 g/mol. The Hall–Kier alpha value is -3.34. The zero-order chi connectivity index (χ0) is 55.5. The molecule has 0 aromatic heterocycles. The molecule has 12 heteroatoms. The number of allylic oxidation sites excluding steroid dienone is 14. The second-order valence-electron chi connectivity index (χ2n) is 20.1. The number of carbonyl (C=O) groups is 3. The lowest BCUT2D eigenvalue weighted by Gasteiger charge is -2.21. The van der Waals surface area contributed by atoms with E-state index in [-0.39, 0.29) is 25.9 Å². The van der Waals surface area contributed by atoms with E-state index < -0.39 is 57.8 Å². The summed E-state index contributed by atoms with van der Waals surface area (Å²) in [7, 11) is -4.76. The van der Waals surface area contributed by atoms with Gasteiger partial charge < -0.3 is 24.2 Å². The first-order chi connectivity index (χ1) is 37.2. The minimum atomic E-state index is -4.76. The van der Waals surface area contributed by atoms with Crippen LogP contribution in [0.2, 0.25) is 0 Å². The molecule has 0 amide bonds. The van der Waals surface area contributed by atoms with E-state index in [0.717, 1.165) is 122 Å². The van der Waals surface area contributed by atoms with Crippen LogP contribution in [0.15, 0.2) is 85.1 Å². The smallest absolute Gasteiger partial charge is 0.462 e. The third kappa shape index (κ3) is 55.4. The van der Waals surface area contributed by atoms with Gasteiger partial charge in [-0.3, -0.25) is 23.4 Å². The summed E-state index contributed by atoms with van der Waals surface area (Å²) >= 11 is 0. The fourth-order valence-corrected chi connectivity index (χ4v) is 8.97. The third-order valence-corrected chi connectivity index (χ3v) is 13.7. The summed E-state index contributed by atoms with van der Waals surface area (Å²) in [5, 5.41) is 9.82. The molecule has 0 heterocycles. The van der Waals surface area contributed by atoms with Crippen LogP contribution in [0, 0.1) is 0 Å². The SMILES string of the molecule is CC/C=C\C/C=C\C/C=C\C/C=C\C/C=C\CCCCCC(=O)OCC(COP(=O)(O)OCC(CO)OC(=O)CCCCCCC/C=C\C/C=C\CCC)OC(=O)CCCCCCCCCCCCCCCCCCC. The first-order valence-corrected chi connectivity index (χ1v) is 32.0. The number of rotatable bonds is 56. The van der Waals surface area contributed by atoms with Gasteiger partial charge >= 0.3 is 25.7 Å². The Bertz CT molecular complexity index is 1600. The Morgan fingerprint density at radius 3 is 1.12 bits per heavy atom. The topological polar surface area (TPSA) is 155 Å². The van der Waals surface area contributed by atoms with E-state index in [4.69, 9.17) is 23.3 Å². The molecule has 0 radical (unpaired) electrons. The standard InChI is InChI=1S/C64H111O11P/c1-4-7-10-13-16-19-22-25-27-29-30-32-33-36-38-41-44-47-50-53-62(66)71-57-61(75-64(68)55-52-49-46-43-40-37-34-31-28-26-23-20-17-14-11-8-5-2)59-73-76(69,70)72-58-60(56-65)74-63(67)54-51-48-45-42-39-35-24-21-18-15-12-9-6-3/h7,10,12,15-16,19,21,24-25,27,30,32,36,38,60-61,65H,4-6,8-9,11,13-14,17-18,20,22-23,26,28-29,31,33-35,37,39-59H2,1-3H3,(H,69,70)/b10-7-,15-12-,19-16-,24-21-,27-25-,32-30-,38-36-. The van der Waals surface area contributed by atoms with Gasteiger partial charge in [0, 0.05) is 19.3 Å². The van der Waals surface area contributed by atoms with Crippen LogP contribution in [0.3, 0.4) is 0 Å². The molecular formula is C64H111O11P. The summed E-state index contributed by atoms with van der Waals surface area (Å²) in [5.41, 5.74) is 0. The Balaban J connectivity index is 4.77. The number of hydrogen-bond acceptors (Lipinski definition) is 10. The highest BCUT2D eigenvalue weighted by molar-refractivity contribution is 7.47. The second kappa shape index (κ2) is 57.8. The fourth-order valence-electron chi connectivity index (χ4n) is 8.19. The van der Waals surface area contributed by atoms with E-state index >= 15 is 0 Å².